The average Bonchev–Trinajstić information content (AvgIpc) is 3.15. The molecule has 0 unspecified atom stereocenters. The summed E-state index contributed by atoms with van der Waals surface area (Å²) in [5.74, 6) is -0.0407. The summed E-state index contributed by atoms with van der Waals surface area (Å²) >= 11 is 11.2. The fourth-order valence-corrected chi connectivity index (χ4v) is 5.44. The normalized spacial score (nSPS) is 14.9. The molecule has 0 N–H and O–H groups in total. The zero-order valence-corrected chi connectivity index (χ0v) is 19.9. The highest BCUT2D eigenvalue weighted by Crippen LogP contribution is 2.34. The molecule has 1 fully saturated rings. The van der Waals surface area contributed by atoms with E-state index in [1.807, 2.05) is 43.3 Å². The Morgan fingerprint density at radius 2 is 2.10 bits per heavy atom. The Balaban J connectivity index is 1.60. The minimum Gasteiger partial charge on any atom is -0.379 e. The van der Waals surface area contributed by atoms with Gasteiger partial charge in [-0.25, -0.2) is 4.98 Å². The van der Waals surface area contributed by atoms with Crippen LogP contribution in [-0.4, -0.2) is 55.2 Å². The summed E-state index contributed by atoms with van der Waals surface area (Å²) in [4.78, 5) is 22.4. The van der Waals surface area contributed by atoms with E-state index in [0.29, 0.717) is 22.3 Å². The monoisotopic (exact) mass is 507 g/mol. The van der Waals surface area contributed by atoms with Gasteiger partial charge < -0.3 is 4.74 Å². The minimum absolute atomic E-state index is 0.0407. The number of rotatable bonds is 6. The van der Waals surface area contributed by atoms with E-state index in [1.54, 1.807) is 4.90 Å². The summed E-state index contributed by atoms with van der Waals surface area (Å²) < 4.78 is 7.31. The van der Waals surface area contributed by atoms with Crippen LogP contribution in [0.3, 0.4) is 0 Å². The number of ether oxygens (including phenoxy) is 1. The predicted molar refractivity (Wildman–Crippen MR) is 127 cm³/mol. The lowest BCUT2D eigenvalue weighted by atomic mass is 10.2. The first-order valence-corrected chi connectivity index (χ1v) is 11.9. The van der Waals surface area contributed by atoms with Crippen LogP contribution in [0.1, 0.15) is 22.3 Å². The van der Waals surface area contributed by atoms with Gasteiger partial charge in [-0.2, -0.15) is 0 Å². The standard InChI is InChI=1S/C22H23BrClN3O2S/c1-15-12-18(24)14-19-20(15)25-22(30-19)27(7-3-6-26-8-10-29-11-9-26)21(28)16-4-2-5-17(23)13-16/h2,4-5,12-14H,3,6-11H2,1H3. The Bertz CT molecular complexity index is 1050. The summed E-state index contributed by atoms with van der Waals surface area (Å²) in [6, 6.07) is 11.3. The van der Waals surface area contributed by atoms with Crippen molar-refractivity contribution in [1.29, 1.82) is 0 Å². The highest BCUT2D eigenvalue weighted by atomic mass is 79.9. The van der Waals surface area contributed by atoms with Crippen LogP contribution < -0.4 is 4.90 Å². The third kappa shape index (κ3) is 5.03. The molecule has 3 aromatic rings. The molecular weight excluding hydrogens is 486 g/mol. The molecule has 2 aromatic carbocycles. The fourth-order valence-electron chi connectivity index (χ4n) is 3.60. The van der Waals surface area contributed by atoms with Gasteiger partial charge in [0.2, 0.25) is 0 Å². The van der Waals surface area contributed by atoms with E-state index < -0.39 is 0 Å². The maximum atomic E-state index is 13.4. The number of carbonyl (C=O) groups is 1. The van der Waals surface area contributed by atoms with Crippen molar-refractivity contribution in [2.75, 3.05) is 44.3 Å². The number of aromatic nitrogens is 1. The second-order valence-corrected chi connectivity index (χ2v) is 9.70. The van der Waals surface area contributed by atoms with Gasteiger partial charge in [-0.15, -0.1) is 0 Å². The van der Waals surface area contributed by atoms with Crippen molar-refractivity contribution in [3.63, 3.8) is 0 Å². The number of benzene rings is 2. The maximum absolute atomic E-state index is 13.4. The minimum atomic E-state index is -0.0407. The van der Waals surface area contributed by atoms with E-state index in [-0.39, 0.29) is 5.91 Å². The average molecular weight is 509 g/mol. The molecule has 0 aliphatic carbocycles. The van der Waals surface area contributed by atoms with E-state index in [2.05, 4.69) is 20.8 Å². The van der Waals surface area contributed by atoms with Crippen LogP contribution in [0, 0.1) is 6.92 Å². The second-order valence-electron chi connectivity index (χ2n) is 7.34. The molecule has 5 nitrogen and oxygen atoms in total. The Hall–Kier alpha value is -1.51. The van der Waals surface area contributed by atoms with Crippen molar-refractivity contribution >= 4 is 60.1 Å². The van der Waals surface area contributed by atoms with Gasteiger partial charge in [0.05, 0.1) is 23.4 Å². The van der Waals surface area contributed by atoms with Crippen molar-refractivity contribution in [3.8, 4) is 0 Å². The zero-order valence-electron chi connectivity index (χ0n) is 16.7. The fraction of sp³-hybridized carbons (Fsp3) is 0.364. The summed E-state index contributed by atoms with van der Waals surface area (Å²) in [6.07, 6.45) is 0.870. The molecule has 0 radical (unpaired) electrons. The number of nitrogens with zero attached hydrogens (tertiary/aromatic N) is 3. The number of fused-ring (bicyclic) bond motifs is 1. The Morgan fingerprint density at radius 1 is 1.30 bits per heavy atom. The van der Waals surface area contributed by atoms with Gasteiger partial charge in [0.1, 0.15) is 0 Å². The number of morpholine rings is 1. The topological polar surface area (TPSA) is 45.7 Å². The molecule has 1 aromatic heterocycles. The van der Waals surface area contributed by atoms with Gasteiger partial charge in [-0.1, -0.05) is 44.9 Å². The number of anilines is 1. The number of hydrogen-bond donors (Lipinski definition) is 0. The van der Waals surface area contributed by atoms with Crippen molar-refractivity contribution in [3.05, 3.63) is 57.0 Å². The Kier molecular flexibility index (Phi) is 7.05. The summed E-state index contributed by atoms with van der Waals surface area (Å²) in [6.45, 7) is 6.97. The molecule has 8 heteroatoms. The van der Waals surface area contributed by atoms with E-state index in [9.17, 15) is 4.79 Å². The van der Waals surface area contributed by atoms with E-state index in [4.69, 9.17) is 21.3 Å². The van der Waals surface area contributed by atoms with E-state index in [1.165, 1.54) is 11.3 Å². The predicted octanol–water partition coefficient (Wildman–Crippen LogP) is 5.39. The van der Waals surface area contributed by atoms with Gasteiger partial charge in [0.15, 0.2) is 5.13 Å². The lowest BCUT2D eigenvalue weighted by Crippen LogP contribution is -2.39. The number of carbonyl (C=O) groups excluding carboxylic acids is 1. The van der Waals surface area contributed by atoms with Crippen LogP contribution in [0.4, 0.5) is 5.13 Å². The summed E-state index contributed by atoms with van der Waals surface area (Å²) in [7, 11) is 0. The number of aryl methyl sites for hydroxylation is 1. The lowest BCUT2D eigenvalue weighted by Gasteiger charge is -2.27. The molecule has 0 spiro atoms. The molecule has 30 heavy (non-hydrogen) atoms. The van der Waals surface area contributed by atoms with Crippen molar-refractivity contribution in [2.45, 2.75) is 13.3 Å². The second kappa shape index (κ2) is 9.75. The summed E-state index contributed by atoms with van der Waals surface area (Å²) in [5, 5.41) is 1.40. The highest BCUT2D eigenvalue weighted by molar-refractivity contribution is 9.10. The molecule has 1 aliphatic rings. The molecular formula is C22H23BrClN3O2S. The van der Waals surface area contributed by atoms with Gasteiger partial charge in [-0.05, 0) is 49.2 Å². The molecule has 0 saturated carbocycles. The van der Waals surface area contributed by atoms with Gasteiger partial charge in [0, 0.05) is 41.2 Å². The van der Waals surface area contributed by atoms with Crippen LogP contribution in [0.5, 0.6) is 0 Å². The first kappa shape index (κ1) is 21.7. The third-order valence-corrected chi connectivity index (χ3v) is 6.88. The van der Waals surface area contributed by atoms with Crippen LogP contribution in [0.15, 0.2) is 40.9 Å². The smallest absolute Gasteiger partial charge is 0.260 e. The molecule has 0 bridgehead atoms. The molecule has 1 amide bonds. The van der Waals surface area contributed by atoms with Crippen molar-refractivity contribution in [1.82, 2.24) is 9.88 Å². The van der Waals surface area contributed by atoms with Crippen molar-refractivity contribution < 1.29 is 9.53 Å². The molecule has 1 saturated heterocycles. The number of hydrogen-bond acceptors (Lipinski definition) is 5. The van der Waals surface area contributed by atoms with Gasteiger partial charge >= 0.3 is 0 Å². The molecule has 0 atom stereocenters. The first-order valence-electron chi connectivity index (χ1n) is 9.95. The zero-order chi connectivity index (χ0) is 21.1. The SMILES string of the molecule is Cc1cc(Cl)cc2sc(N(CCCN3CCOCC3)C(=O)c3cccc(Br)c3)nc12. The number of thiazole rings is 1. The maximum Gasteiger partial charge on any atom is 0.260 e. The van der Waals surface area contributed by atoms with Crippen molar-refractivity contribution in [2.24, 2.45) is 0 Å². The van der Waals surface area contributed by atoms with Gasteiger partial charge in [-0.3, -0.25) is 14.6 Å². The number of halogens is 2. The van der Waals surface area contributed by atoms with Crippen LogP contribution >= 0.6 is 38.9 Å². The van der Waals surface area contributed by atoms with E-state index >= 15 is 0 Å². The summed E-state index contributed by atoms with van der Waals surface area (Å²) in [5.41, 5.74) is 2.56. The third-order valence-electron chi connectivity index (χ3n) is 5.15. The molecule has 4 rings (SSSR count). The quantitative estimate of drug-likeness (QED) is 0.448. The van der Waals surface area contributed by atoms with Crippen LogP contribution in [0.2, 0.25) is 5.02 Å². The lowest BCUT2D eigenvalue weighted by molar-refractivity contribution is 0.0376. The molecule has 2 heterocycles. The van der Waals surface area contributed by atoms with E-state index in [0.717, 1.165) is 59.5 Å². The largest absolute Gasteiger partial charge is 0.379 e. The Labute approximate surface area is 193 Å². The Morgan fingerprint density at radius 3 is 2.87 bits per heavy atom. The first-order chi connectivity index (χ1) is 14.5. The van der Waals surface area contributed by atoms with Crippen LogP contribution in [-0.2, 0) is 4.74 Å². The number of amides is 1. The van der Waals surface area contributed by atoms with Crippen LogP contribution in [0.25, 0.3) is 10.2 Å². The van der Waals surface area contributed by atoms with Gasteiger partial charge in [0.25, 0.3) is 5.91 Å². The molecule has 158 valence electrons. The highest BCUT2D eigenvalue weighted by Gasteiger charge is 2.22. The molecule has 1 aliphatic heterocycles.